The van der Waals surface area contributed by atoms with Gasteiger partial charge in [-0.05, 0) is 13.3 Å². The summed E-state index contributed by atoms with van der Waals surface area (Å²) in [5.74, 6) is 0. The van der Waals surface area contributed by atoms with E-state index in [2.05, 4.69) is 21.5 Å². The van der Waals surface area contributed by atoms with Gasteiger partial charge in [-0.15, -0.1) is 0 Å². The number of hydrogen-bond acceptors (Lipinski definition) is 4. The molecule has 1 N–H and O–H groups in total. The van der Waals surface area contributed by atoms with Crippen LogP contribution < -0.4 is 0 Å². The molecule has 0 saturated carbocycles. The van der Waals surface area contributed by atoms with Gasteiger partial charge in [0, 0.05) is 38.8 Å². The number of hydrogen-bond donors (Lipinski definition) is 1. The van der Waals surface area contributed by atoms with Gasteiger partial charge in [-0.1, -0.05) is 6.92 Å². The maximum atomic E-state index is 11.9. The highest BCUT2D eigenvalue weighted by molar-refractivity contribution is 4.82. The molecule has 0 spiro atoms. The van der Waals surface area contributed by atoms with E-state index in [1.165, 1.54) is 0 Å². The van der Waals surface area contributed by atoms with Gasteiger partial charge in [0.1, 0.15) is 6.61 Å². The van der Waals surface area contributed by atoms with Crippen molar-refractivity contribution in [2.75, 3.05) is 45.9 Å². The summed E-state index contributed by atoms with van der Waals surface area (Å²) >= 11 is 0. The third-order valence-electron chi connectivity index (χ3n) is 3.48. The number of aliphatic hydroxyl groups excluding tert-OH is 1. The van der Waals surface area contributed by atoms with Crippen LogP contribution in [0.5, 0.6) is 0 Å². The monoisotopic (exact) mass is 298 g/mol. The van der Waals surface area contributed by atoms with Gasteiger partial charge in [0.15, 0.2) is 0 Å². The minimum atomic E-state index is -4.25. The summed E-state index contributed by atoms with van der Waals surface area (Å²) in [6.07, 6.45) is -3.64. The van der Waals surface area contributed by atoms with E-state index in [0.717, 1.165) is 26.1 Å². The highest BCUT2D eigenvalue weighted by atomic mass is 19.4. The molecule has 1 saturated heterocycles. The fraction of sp³-hybridized carbons (Fsp3) is 1.00. The molecule has 0 aromatic heterocycles. The van der Waals surface area contributed by atoms with Gasteiger partial charge in [-0.2, -0.15) is 13.2 Å². The fourth-order valence-corrected chi connectivity index (χ4v) is 2.51. The van der Waals surface area contributed by atoms with Crippen LogP contribution >= 0.6 is 0 Å². The average molecular weight is 298 g/mol. The topological polar surface area (TPSA) is 35.9 Å². The lowest BCUT2D eigenvalue weighted by atomic mass is 10.1. The minimum Gasteiger partial charge on any atom is -0.392 e. The van der Waals surface area contributed by atoms with E-state index < -0.39 is 12.8 Å². The highest BCUT2D eigenvalue weighted by Gasteiger charge is 2.28. The van der Waals surface area contributed by atoms with E-state index in [9.17, 15) is 18.3 Å². The van der Waals surface area contributed by atoms with Crippen molar-refractivity contribution in [3.63, 3.8) is 0 Å². The van der Waals surface area contributed by atoms with E-state index in [1.807, 2.05) is 0 Å². The molecule has 4 nitrogen and oxygen atoms in total. The maximum absolute atomic E-state index is 11.9. The molecule has 1 rings (SSSR count). The quantitative estimate of drug-likeness (QED) is 0.720. The number of nitrogens with zero attached hydrogens (tertiary/aromatic N) is 2. The first kappa shape index (κ1) is 17.7. The van der Waals surface area contributed by atoms with Crippen LogP contribution in [0.1, 0.15) is 20.3 Å². The average Bonchev–Trinajstić information content (AvgIpc) is 2.34. The lowest BCUT2D eigenvalue weighted by Gasteiger charge is -2.41. The number of aliphatic hydroxyl groups is 1. The zero-order valence-corrected chi connectivity index (χ0v) is 12.2. The Bertz CT molecular complexity index is 275. The SMILES string of the molecule is CC[C@@H]1CN(CCOCC(F)(F)F)CCN1C[C@@H](C)O. The van der Waals surface area contributed by atoms with Crippen LogP contribution in [-0.2, 0) is 4.74 Å². The van der Waals surface area contributed by atoms with Crippen LogP contribution in [0.3, 0.4) is 0 Å². The molecule has 0 aliphatic carbocycles. The zero-order valence-electron chi connectivity index (χ0n) is 12.2. The van der Waals surface area contributed by atoms with Gasteiger partial charge in [0.2, 0.25) is 0 Å². The van der Waals surface area contributed by atoms with Crippen LogP contribution in [0.25, 0.3) is 0 Å². The molecular weight excluding hydrogens is 273 g/mol. The summed E-state index contributed by atoms with van der Waals surface area (Å²) in [5.41, 5.74) is 0. The Morgan fingerprint density at radius 3 is 2.60 bits per heavy atom. The molecule has 2 atom stereocenters. The Morgan fingerprint density at radius 1 is 1.35 bits per heavy atom. The number of piperazine rings is 1. The summed E-state index contributed by atoms with van der Waals surface area (Å²) in [6.45, 7) is 6.41. The van der Waals surface area contributed by atoms with Gasteiger partial charge in [0.05, 0.1) is 12.7 Å². The Labute approximate surface area is 118 Å². The second kappa shape index (κ2) is 8.17. The van der Waals surface area contributed by atoms with Gasteiger partial charge in [-0.3, -0.25) is 9.80 Å². The molecule has 1 heterocycles. The highest BCUT2D eigenvalue weighted by Crippen LogP contribution is 2.15. The van der Waals surface area contributed by atoms with Crippen molar-refractivity contribution < 1.29 is 23.0 Å². The van der Waals surface area contributed by atoms with E-state index >= 15 is 0 Å². The van der Waals surface area contributed by atoms with Crippen LogP contribution in [-0.4, -0.2) is 79.2 Å². The molecule has 1 fully saturated rings. The van der Waals surface area contributed by atoms with Gasteiger partial charge in [0.25, 0.3) is 0 Å². The standard InChI is InChI=1S/C13H25F3N2O2/c1-3-12-9-17(4-5-18(12)8-11(2)19)6-7-20-10-13(14,15)16/h11-12,19H,3-10H2,1-2H3/t11-,12-/m1/s1. The molecule has 0 unspecified atom stereocenters. The summed E-state index contributed by atoms with van der Waals surface area (Å²) in [7, 11) is 0. The summed E-state index contributed by atoms with van der Waals surface area (Å²) in [6, 6.07) is 0.348. The van der Waals surface area contributed by atoms with Crippen LogP contribution in [0.2, 0.25) is 0 Å². The largest absolute Gasteiger partial charge is 0.411 e. The van der Waals surface area contributed by atoms with Gasteiger partial charge in [-0.25, -0.2) is 0 Å². The number of halogens is 3. The van der Waals surface area contributed by atoms with E-state index in [-0.39, 0.29) is 12.7 Å². The first-order valence-electron chi connectivity index (χ1n) is 7.10. The molecular formula is C13H25F3N2O2. The first-order chi connectivity index (χ1) is 9.31. The molecule has 0 amide bonds. The fourth-order valence-electron chi connectivity index (χ4n) is 2.51. The van der Waals surface area contributed by atoms with E-state index in [1.54, 1.807) is 6.92 Å². The molecule has 1 aliphatic heterocycles. The smallest absolute Gasteiger partial charge is 0.392 e. The summed E-state index contributed by atoms with van der Waals surface area (Å²) < 4.78 is 40.5. The normalized spacial score (nSPS) is 24.0. The van der Waals surface area contributed by atoms with E-state index in [4.69, 9.17) is 0 Å². The van der Waals surface area contributed by atoms with Crippen molar-refractivity contribution in [3.8, 4) is 0 Å². The lowest BCUT2D eigenvalue weighted by molar-refractivity contribution is -0.174. The van der Waals surface area contributed by atoms with E-state index in [0.29, 0.717) is 19.1 Å². The Balaban J connectivity index is 2.26. The Kier molecular flexibility index (Phi) is 7.22. The van der Waals surface area contributed by atoms with Crippen molar-refractivity contribution in [2.45, 2.75) is 38.6 Å². The molecule has 120 valence electrons. The van der Waals surface area contributed by atoms with Gasteiger partial charge < -0.3 is 9.84 Å². The van der Waals surface area contributed by atoms with Crippen molar-refractivity contribution in [1.82, 2.24) is 9.80 Å². The third kappa shape index (κ3) is 6.88. The van der Waals surface area contributed by atoms with Crippen molar-refractivity contribution in [2.24, 2.45) is 0 Å². The number of alkyl halides is 3. The number of β-amino-alcohol motifs (C(OH)–C–C–N with tert-alkyl or cyclic N) is 1. The number of rotatable bonds is 7. The second-order valence-corrected chi connectivity index (χ2v) is 5.37. The van der Waals surface area contributed by atoms with Crippen LogP contribution in [0.15, 0.2) is 0 Å². The first-order valence-corrected chi connectivity index (χ1v) is 7.10. The summed E-state index contributed by atoms with van der Waals surface area (Å²) in [4.78, 5) is 4.38. The van der Waals surface area contributed by atoms with Crippen LogP contribution in [0, 0.1) is 0 Å². The van der Waals surface area contributed by atoms with Crippen molar-refractivity contribution in [1.29, 1.82) is 0 Å². The lowest BCUT2D eigenvalue weighted by Crippen LogP contribution is -2.54. The Hall–Kier alpha value is -0.370. The zero-order chi connectivity index (χ0) is 15.2. The number of ether oxygens (including phenoxy) is 1. The molecule has 1 aliphatic rings. The Morgan fingerprint density at radius 2 is 2.05 bits per heavy atom. The predicted molar refractivity (Wildman–Crippen MR) is 70.6 cm³/mol. The summed E-state index contributed by atoms with van der Waals surface area (Å²) in [5, 5.41) is 9.45. The van der Waals surface area contributed by atoms with Crippen molar-refractivity contribution in [3.05, 3.63) is 0 Å². The van der Waals surface area contributed by atoms with Crippen LogP contribution in [0.4, 0.5) is 13.2 Å². The molecule has 20 heavy (non-hydrogen) atoms. The van der Waals surface area contributed by atoms with Gasteiger partial charge >= 0.3 is 6.18 Å². The predicted octanol–water partition coefficient (Wildman–Crippen LogP) is 1.34. The molecule has 0 aromatic rings. The molecule has 0 aromatic carbocycles. The maximum Gasteiger partial charge on any atom is 0.411 e. The molecule has 7 heteroatoms. The minimum absolute atomic E-state index is 0.104. The van der Waals surface area contributed by atoms with Crippen molar-refractivity contribution >= 4 is 0 Å². The molecule has 0 radical (unpaired) electrons. The molecule has 0 bridgehead atoms. The third-order valence-corrected chi connectivity index (χ3v) is 3.48. The second-order valence-electron chi connectivity index (χ2n) is 5.37.